The predicted octanol–water partition coefficient (Wildman–Crippen LogP) is 4.55. The molecule has 152 valence electrons. The van der Waals surface area contributed by atoms with Crippen LogP contribution in [-0.2, 0) is 4.79 Å². The van der Waals surface area contributed by atoms with Gasteiger partial charge in [-0.1, -0.05) is 35.5 Å². The van der Waals surface area contributed by atoms with Gasteiger partial charge in [0.15, 0.2) is 5.16 Å². The summed E-state index contributed by atoms with van der Waals surface area (Å²) in [6.45, 7) is 3.92. The number of aromatic nitrogens is 3. The molecule has 3 aromatic rings. The monoisotopic (exact) mass is 447 g/mol. The summed E-state index contributed by atoms with van der Waals surface area (Å²) in [5.74, 6) is 1.05. The Labute approximate surface area is 183 Å². The van der Waals surface area contributed by atoms with E-state index in [9.17, 15) is 4.79 Å². The first kappa shape index (κ1) is 20.3. The van der Waals surface area contributed by atoms with Crippen LogP contribution in [0.25, 0.3) is 5.69 Å². The van der Waals surface area contributed by atoms with E-state index >= 15 is 0 Å². The van der Waals surface area contributed by atoms with Gasteiger partial charge in [-0.25, -0.2) is 0 Å². The zero-order chi connectivity index (χ0) is 20.2. The molecular weight excluding hydrogens is 426 g/mol. The summed E-state index contributed by atoms with van der Waals surface area (Å²) >= 11 is 9.25. The highest BCUT2D eigenvalue weighted by Crippen LogP contribution is 2.29. The Morgan fingerprint density at radius 3 is 2.83 bits per heavy atom. The molecule has 1 fully saturated rings. The Hall–Kier alpha value is -2.03. The van der Waals surface area contributed by atoms with Gasteiger partial charge in [0, 0.05) is 23.0 Å². The molecule has 1 atom stereocenters. The molecule has 1 aromatic carbocycles. The second-order valence-corrected chi connectivity index (χ2v) is 9.24. The number of carbonyl (C=O) groups excluding carboxylic acids is 1. The topological polar surface area (TPSA) is 63.1 Å². The molecule has 1 aliphatic rings. The van der Waals surface area contributed by atoms with Gasteiger partial charge in [0.1, 0.15) is 0 Å². The Morgan fingerprint density at radius 2 is 2.10 bits per heavy atom. The largest absolute Gasteiger partial charge is 0.348 e. The first-order valence-corrected chi connectivity index (χ1v) is 11.8. The normalized spacial score (nSPS) is 14.9. The zero-order valence-corrected chi connectivity index (χ0v) is 18.4. The highest BCUT2D eigenvalue weighted by atomic mass is 35.5. The number of amides is 1. The Morgan fingerprint density at radius 1 is 1.28 bits per heavy atom. The van der Waals surface area contributed by atoms with Gasteiger partial charge in [0.05, 0.1) is 17.5 Å². The third-order valence-corrected chi connectivity index (χ3v) is 6.97. The van der Waals surface area contributed by atoms with Crippen LogP contribution in [0.2, 0.25) is 5.02 Å². The van der Waals surface area contributed by atoms with E-state index in [0.29, 0.717) is 10.2 Å². The number of hydrogen-bond donors (Lipinski definition) is 1. The molecule has 0 saturated carbocycles. The maximum absolute atomic E-state index is 12.5. The minimum absolute atomic E-state index is 0.00550. The van der Waals surface area contributed by atoms with E-state index in [-0.39, 0.29) is 17.7 Å². The fourth-order valence-electron chi connectivity index (χ4n) is 3.34. The minimum atomic E-state index is -0.0285. The SMILES string of the molecule is CC(NC(=O)CSc1nnc(N2CCCC2)n1-c1cccc(Cl)c1)c1cccs1. The lowest BCUT2D eigenvalue weighted by molar-refractivity contribution is -0.119. The number of nitrogens with zero attached hydrogens (tertiary/aromatic N) is 4. The van der Waals surface area contributed by atoms with Crippen molar-refractivity contribution in [1.29, 1.82) is 0 Å². The van der Waals surface area contributed by atoms with Crippen LogP contribution in [-0.4, -0.2) is 39.5 Å². The molecule has 2 aromatic heterocycles. The molecule has 1 aliphatic heterocycles. The standard InChI is InChI=1S/C20H22ClN5OS2/c1-14(17-8-5-11-28-17)22-18(27)13-29-20-24-23-19(25-9-2-3-10-25)26(20)16-7-4-6-15(21)12-16/h4-8,11-12,14H,2-3,9-10,13H2,1H3,(H,22,27). The highest BCUT2D eigenvalue weighted by molar-refractivity contribution is 7.99. The lowest BCUT2D eigenvalue weighted by atomic mass is 10.3. The Kier molecular flexibility index (Phi) is 6.42. The molecule has 0 aliphatic carbocycles. The smallest absolute Gasteiger partial charge is 0.232 e. The van der Waals surface area contributed by atoms with Gasteiger partial charge in [0.2, 0.25) is 11.9 Å². The van der Waals surface area contributed by atoms with E-state index in [1.807, 2.05) is 53.3 Å². The molecule has 1 unspecified atom stereocenters. The van der Waals surface area contributed by atoms with Crippen LogP contribution in [0.5, 0.6) is 0 Å². The molecule has 1 saturated heterocycles. The highest BCUT2D eigenvalue weighted by Gasteiger charge is 2.23. The fraction of sp³-hybridized carbons (Fsp3) is 0.350. The van der Waals surface area contributed by atoms with Gasteiger partial charge in [-0.2, -0.15) is 0 Å². The molecule has 1 N–H and O–H groups in total. The average Bonchev–Trinajstić information content (AvgIpc) is 3.47. The number of halogens is 1. The third-order valence-electron chi connectivity index (χ3n) is 4.75. The molecule has 9 heteroatoms. The first-order chi connectivity index (χ1) is 14.1. The summed E-state index contributed by atoms with van der Waals surface area (Å²) in [4.78, 5) is 15.8. The fourth-order valence-corrected chi connectivity index (χ4v) is 5.02. The van der Waals surface area contributed by atoms with Gasteiger partial charge in [-0.15, -0.1) is 21.5 Å². The van der Waals surface area contributed by atoms with Crippen molar-refractivity contribution in [3.8, 4) is 5.69 Å². The summed E-state index contributed by atoms with van der Waals surface area (Å²) in [6, 6.07) is 11.7. The van der Waals surface area contributed by atoms with Crippen molar-refractivity contribution < 1.29 is 4.79 Å². The molecule has 4 rings (SSSR count). The predicted molar refractivity (Wildman–Crippen MR) is 119 cm³/mol. The quantitative estimate of drug-likeness (QED) is 0.538. The van der Waals surface area contributed by atoms with E-state index in [1.165, 1.54) is 11.8 Å². The van der Waals surface area contributed by atoms with Crippen molar-refractivity contribution in [2.45, 2.75) is 31.0 Å². The molecule has 0 radical (unpaired) electrons. The number of carbonyl (C=O) groups is 1. The number of thioether (sulfide) groups is 1. The summed E-state index contributed by atoms with van der Waals surface area (Å²) in [5, 5.41) is 15.2. The molecule has 0 bridgehead atoms. The molecule has 3 heterocycles. The Bertz CT molecular complexity index is 969. The average molecular weight is 448 g/mol. The number of nitrogens with one attached hydrogen (secondary N) is 1. The van der Waals surface area contributed by atoms with Gasteiger partial charge in [-0.3, -0.25) is 9.36 Å². The molecule has 1 amide bonds. The van der Waals surface area contributed by atoms with Gasteiger partial charge in [-0.05, 0) is 49.4 Å². The van der Waals surface area contributed by atoms with Crippen LogP contribution in [0.3, 0.4) is 0 Å². The zero-order valence-electron chi connectivity index (χ0n) is 16.0. The van der Waals surface area contributed by atoms with E-state index < -0.39 is 0 Å². The maximum Gasteiger partial charge on any atom is 0.232 e. The number of benzene rings is 1. The lowest BCUT2D eigenvalue weighted by Gasteiger charge is -2.18. The van der Waals surface area contributed by atoms with Crippen molar-refractivity contribution in [1.82, 2.24) is 20.1 Å². The minimum Gasteiger partial charge on any atom is -0.348 e. The van der Waals surface area contributed by atoms with Crippen molar-refractivity contribution in [3.63, 3.8) is 0 Å². The Balaban J connectivity index is 1.51. The van der Waals surface area contributed by atoms with Gasteiger partial charge in [0.25, 0.3) is 0 Å². The molecular formula is C20H22ClN5OS2. The van der Waals surface area contributed by atoms with Crippen LogP contribution in [0.4, 0.5) is 5.95 Å². The maximum atomic E-state index is 12.5. The number of rotatable bonds is 7. The van der Waals surface area contributed by atoms with Crippen LogP contribution < -0.4 is 10.2 Å². The number of thiophene rings is 1. The summed E-state index contributed by atoms with van der Waals surface area (Å²) in [5.41, 5.74) is 0.902. The van der Waals surface area contributed by atoms with Gasteiger partial charge < -0.3 is 10.2 Å². The number of hydrogen-bond acceptors (Lipinski definition) is 6. The first-order valence-electron chi connectivity index (χ1n) is 9.53. The summed E-state index contributed by atoms with van der Waals surface area (Å²) < 4.78 is 2.00. The second kappa shape index (κ2) is 9.19. The van der Waals surface area contributed by atoms with Crippen LogP contribution in [0.1, 0.15) is 30.7 Å². The van der Waals surface area contributed by atoms with E-state index in [0.717, 1.165) is 42.4 Å². The summed E-state index contributed by atoms with van der Waals surface area (Å²) in [7, 11) is 0. The van der Waals surface area contributed by atoms with Crippen molar-refractivity contribution in [3.05, 3.63) is 51.7 Å². The molecule has 0 spiro atoms. The van der Waals surface area contributed by atoms with E-state index in [4.69, 9.17) is 11.6 Å². The molecule has 29 heavy (non-hydrogen) atoms. The summed E-state index contributed by atoms with van der Waals surface area (Å²) in [6.07, 6.45) is 2.29. The van der Waals surface area contributed by atoms with Crippen molar-refractivity contribution in [2.75, 3.05) is 23.7 Å². The van der Waals surface area contributed by atoms with Gasteiger partial charge >= 0.3 is 0 Å². The van der Waals surface area contributed by atoms with E-state index in [2.05, 4.69) is 20.4 Å². The number of anilines is 1. The molecule has 6 nitrogen and oxygen atoms in total. The second-order valence-electron chi connectivity index (χ2n) is 6.89. The third kappa shape index (κ3) is 4.76. The van der Waals surface area contributed by atoms with Crippen molar-refractivity contribution >= 4 is 46.6 Å². The van der Waals surface area contributed by atoms with Crippen molar-refractivity contribution in [2.24, 2.45) is 0 Å². The lowest BCUT2D eigenvalue weighted by Crippen LogP contribution is -2.27. The van der Waals surface area contributed by atoms with Crippen LogP contribution >= 0.6 is 34.7 Å². The van der Waals surface area contributed by atoms with Crippen LogP contribution in [0.15, 0.2) is 46.9 Å². The van der Waals surface area contributed by atoms with Crippen LogP contribution in [0, 0.1) is 0 Å². The van der Waals surface area contributed by atoms with E-state index in [1.54, 1.807) is 11.3 Å².